The lowest BCUT2D eigenvalue weighted by Crippen LogP contribution is -2.14. The number of hydrogen-bond donors (Lipinski definition) is 0. The summed E-state index contributed by atoms with van der Waals surface area (Å²) in [5, 5.41) is 0. The van der Waals surface area contributed by atoms with Gasteiger partial charge < -0.3 is 14.2 Å². The maximum Gasteiger partial charge on any atom is 0.347 e. The largest absolute Gasteiger partial charge is 0.497 e. The summed E-state index contributed by atoms with van der Waals surface area (Å²) in [4.78, 5) is 25.1. The van der Waals surface area contributed by atoms with Gasteiger partial charge >= 0.3 is 11.9 Å². The number of aryl methyl sites for hydroxylation is 1. The van der Waals surface area contributed by atoms with Gasteiger partial charge in [-0.15, -0.1) is 0 Å². The van der Waals surface area contributed by atoms with Crippen LogP contribution in [-0.2, 0) is 6.42 Å². The number of hydrogen-bond acceptors (Lipinski definition) is 5. The van der Waals surface area contributed by atoms with E-state index in [1.54, 1.807) is 67.8 Å². The van der Waals surface area contributed by atoms with Gasteiger partial charge in [-0.3, -0.25) is 0 Å². The van der Waals surface area contributed by atoms with E-state index in [1.165, 1.54) is 5.56 Å². The SMILES string of the molecule is CCCCc1ccc(OC(=O)c2ccccc2OC(=O)c2ccc(OC)cc2)cc1. The quantitative estimate of drug-likeness (QED) is 0.368. The van der Waals surface area contributed by atoms with Crippen LogP contribution in [0.1, 0.15) is 46.0 Å². The maximum atomic E-state index is 12.7. The summed E-state index contributed by atoms with van der Waals surface area (Å²) in [6.45, 7) is 2.15. The Labute approximate surface area is 176 Å². The molecule has 0 N–H and O–H groups in total. The number of rotatable bonds is 8. The number of carbonyl (C=O) groups excluding carboxylic acids is 2. The highest BCUT2D eigenvalue weighted by Gasteiger charge is 2.18. The number of ether oxygens (including phenoxy) is 3. The van der Waals surface area contributed by atoms with Gasteiger partial charge in [-0.25, -0.2) is 9.59 Å². The van der Waals surface area contributed by atoms with Gasteiger partial charge in [0.1, 0.15) is 22.8 Å². The van der Waals surface area contributed by atoms with Crippen molar-refractivity contribution in [1.29, 1.82) is 0 Å². The molecule has 3 aromatic rings. The van der Waals surface area contributed by atoms with Crippen LogP contribution >= 0.6 is 0 Å². The minimum atomic E-state index is -0.588. The number of esters is 2. The van der Waals surface area contributed by atoms with E-state index in [0.29, 0.717) is 17.1 Å². The molecule has 0 saturated carbocycles. The number of carbonyl (C=O) groups is 2. The first-order valence-corrected chi connectivity index (χ1v) is 9.87. The van der Waals surface area contributed by atoms with Gasteiger partial charge in [0.25, 0.3) is 0 Å². The average Bonchev–Trinajstić information content (AvgIpc) is 2.79. The third-order valence-corrected chi connectivity index (χ3v) is 4.59. The molecule has 0 aliphatic heterocycles. The molecule has 0 spiro atoms. The Morgan fingerprint density at radius 2 is 1.43 bits per heavy atom. The highest BCUT2D eigenvalue weighted by Crippen LogP contribution is 2.23. The molecule has 3 rings (SSSR count). The third-order valence-electron chi connectivity index (χ3n) is 4.59. The highest BCUT2D eigenvalue weighted by atomic mass is 16.5. The van der Waals surface area contributed by atoms with Gasteiger partial charge in [0.05, 0.1) is 12.7 Å². The molecule has 0 saturated heterocycles. The van der Waals surface area contributed by atoms with E-state index in [9.17, 15) is 9.59 Å². The van der Waals surface area contributed by atoms with E-state index in [4.69, 9.17) is 14.2 Å². The Bertz CT molecular complexity index is 991. The Kier molecular flexibility index (Phi) is 7.22. The first-order valence-electron chi connectivity index (χ1n) is 9.87. The van der Waals surface area contributed by atoms with Crippen molar-refractivity contribution in [1.82, 2.24) is 0 Å². The molecule has 5 heteroatoms. The van der Waals surface area contributed by atoms with Crippen molar-refractivity contribution in [2.24, 2.45) is 0 Å². The molecule has 0 bridgehead atoms. The normalized spacial score (nSPS) is 10.3. The fourth-order valence-corrected chi connectivity index (χ4v) is 2.88. The zero-order chi connectivity index (χ0) is 21.3. The van der Waals surface area contributed by atoms with Gasteiger partial charge in [0.15, 0.2) is 0 Å². The molecule has 0 radical (unpaired) electrons. The molecule has 3 aromatic carbocycles. The highest BCUT2D eigenvalue weighted by molar-refractivity contribution is 5.97. The summed E-state index contributed by atoms with van der Waals surface area (Å²) in [7, 11) is 1.55. The predicted molar refractivity (Wildman–Crippen MR) is 114 cm³/mol. The van der Waals surface area contributed by atoms with Crippen molar-refractivity contribution in [2.75, 3.05) is 7.11 Å². The average molecular weight is 404 g/mol. The van der Waals surface area contributed by atoms with Crippen LogP contribution in [0.3, 0.4) is 0 Å². The lowest BCUT2D eigenvalue weighted by atomic mass is 10.1. The van der Waals surface area contributed by atoms with E-state index in [-0.39, 0.29) is 11.3 Å². The zero-order valence-corrected chi connectivity index (χ0v) is 17.1. The number of unbranched alkanes of at least 4 members (excludes halogenated alkanes) is 1. The van der Waals surface area contributed by atoms with Crippen LogP contribution < -0.4 is 14.2 Å². The van der Waals surface area contributed by atoms with Crippen molar-refractivity contribution >= 4 is 11.9 Å². The standard InChI is InChI=1S/C25H24O5/c1-3-4-7-18-10-14-21(15-11-18)29-25(27)22-8-5-6-9-23(22)30-24(26)19-12-16-20(28-2)17-13-19/h5-6,8-17H,3-4,7H2,1-2H3. The topological polar surface area (TPSA) is 61.8 Å². The monoisotopic (exact) mass is 404 g/mol. The summed E-state index contributed by atoms with van der Waals surface area (Å²) < 4.78 is 16.0. The minimum Gasteiger partial charge on any atom is -0.497 e. The van der Waals surface area contributed by atoms with Gasteiger partial charge in [-0.2, -0.15) is 0 Å². The molecule has 0 fully saturated rings. The summed E-state index contributed by atoms with van der Waals surface area (Å²) in [6, 6.07) is 20.5. The van der Waals surface area contributed by atoms with Crippen LogP contribution in [0.2, 0.25) is 0 Å². The Hall–Kier alpha value is -3.60. The van der Waals surface area contributed by atoms with Crippen molar-refractivity contribution in [3.63, 3.8) is 0 Å². The first-order chi connectivity index (χ1) is 14.6. The smallest absolute Gasteiger partial charge is 0.347 e. The molecule has 5 nitrogen and oxygen atoms in total. The Morgan fingerprint density at radius 3 is 2.10 bits per heavy atom. The number of benzene rings is 3. The van der Waals surface area contributed by atoms with Crippen LogP contribution in [0, 0.1) is 0 Å². The van der Waals surface area contributed by atoms with Crippen LogP contribution in [0.15, 0.2) is 72.8 Å². The molecule has 0 heterocycles. The predicted octanol–water partition coefficient (Wildman–Crippen LogP) is 5.48. The molecular weight excluding hydrogens is 380 g/mol. The van der Waals surface area contributed by atoms with Gasteiger partial charge in [-0.05, 0) is 66.9 Å². The van der Waals surface area contributed by atoms with E-state index in [1.807, 2.05) is 12.1 Å². The van der Waals surface area contributed by atoms with Crippen molar-refractivity contribution in [2.45, 2.75) is 26.2 Å². The van der Waals surface area contributed by atoms with Crippen LogP contribution in [0.4, 0.5) is 0 Å². The summed E-state index contributed by atoms with van der Waals surface area (Å²) in [6.07, 6.45) is 3.24. The molecule has 30 heavy (non-hydrogen) atoms. The first kappa shape index (κ1) is 21.1. The number of methoxy groups -OCH3 is 1. The van der Waals surface area contributed by atoms with Crippen LogP contribution in [-0.4, -0.2) is 19.0 Å². The maximum absolute atomic E-state index is 12.7. The Morgan fingerprint density at radius 1 is 0.767 bits per heavy atom. The van der Waals surface area contributed by atoms with Crippen LogP contribution in [0.25, 0.3) is 0 Å². The van der Waals surface area contributed by atoms with Crippen molar-refractivity contribution in [3.8, 4) is 17.2 Å². The molecule has 0 aromatic heterocycles. The molecule has 0 aliphatic carbocycles. The Balaban J connectivity index is 1.70. The zero-order valence-electron chi connectivity index (χ0n) is 17.1. The fourth-order valence-electron chi connectivity index (χ4n) is 2.88. The molecule has 0 amide bonds. The minimum absolute atomic E-state index is 0.142. The second kappa shape index (κ2) is 10.3. The second-order valence-corrected chi connectivity index (χ2v) is 6.75. The van der Waals surface area contributed by atoms with E-state index in [0.717, 1.165) is 19.3 Å². The lowest BCUT2D eigenvalue weighted by Gasteiger charge is -2.10. The molecule has 0 unspecified atom stereocenters. The van der Waals surface area contributed by atoms with Crippen molar-refractivity contribution in [3.05, 3.63) is 89.5 Å². The molecule has 0 aliphatic rings. The molecule has 0 atom stereocenters. The van der Waals surface area contributed by atoms with Gasteiger partial charge in [-0.1, -0.05) is 37.6 Å². The van der Waals surface area contributed by atoms with Gasteiger partial charge in [0, 0.05) is 0 Å². The fraction of sp³-hybridized carbons (Fsp3) is 0.200. The lowest BCUT2D eigenvalue weighted by molar-refractivity contribution is 0.0707. The summed E-state index contributed by atoms with van der Waals surface area (Å²) in [5.41, 5.74) is 1.72. The van der Waals surface area contributed by atoms with Gasteiger partial charge in [0.2, 0.25) is 0 Å². The molecule has 154 valence electrons. The van der Waals surface area contributed by atoms with E-state index < -0.39 is 11.9 Å². The van der Waals surface area contributed by atoms with Crippen LogP contribution in [0.5, 0.6) is 17.2 Å². The third kappa shape index (κ3) is 5.47. The van der Waals surface area contributed by atoms with E-state index in [2.05, 4.69) is 6.92 Å². The molecular formula is C25H24O5. The summed E-state index contributed by atoms with van der Waals surface area (Å²) >= 11 is 0. The summed E-state index contributed by atoms with van der Waals surface area (Å²) in [5.74, 6) is 0.0586. The second-order valence-electron chi connectivity index (χ2n) is 6.75. The number of para-hydroxylation sites is 1. The van der Waals surface area contributed by atoms with E-state index >= 15 is 0 Å². The van der Waals surface area contributed by atoms with Crippen molar-refractivity contribution < 1.29 is 23.8 Å².